The highest BCUT2D eigenvalue weighted by molar-refractivity contribution is 6.07. The lowest BCUT2D eigenvalue weighted by molar-refractivity contribution is -0.166. The Labute approximate surface area is 189 Å². The standard InChI is InChI=1S/C23H28F3N3O4/c1-13-3-4-15(33-2)9-16(13)20-10-14-11-29(8-7-23(24,25)26)17(14)22(20,32)6-5-21(12-20)18(30)27-19(31)28-21/h3-4,9,14,17,32H,5-8,10-12H2,1-2H3,(H2,27,28,30,31). The first kappa shape index (κ1) is 22.5. The number of benzene rings is 1. The quantitative estimate of drug-likeness (QED) is 0.592. The summed E-state index contributed by atoms with van der Waals surface area (Å²) in [5.41, 5.74) is -1.68. The zero-order valence-corrected chi connectivity index (χ0v) is 18.6. The van der Waals surface area contributed by atoms with E-state index in [-0.39, 0.29) is 31.7 Å². The summed E-state index contributed by atoms with van der Waals surface area (Å²) < 4.78 is 44.2. The van der Waals surface area contributed by atoms with Gasteiger partial charge in [0.25, 0.3) is 5.91 Å². The van der Waals surface area contributed by atoms with Crippen LogP contribution in [0, 0.1) is 12.8 Å². The number of likely N-dealkylation sites (tertiary alicyclic amines) is 1. The first-order valence-electron chi connectivity index (χ1n) is 11.2. The molecule has 0 bridgehead atoms. The third-order valence-electron chi connectivity index (χ3n) is 8.43. The molecule has 4 fully saturated rings. The molecule has 3 N–H and O–H groups in total. The Morgan fingerprint density at radius 2 is 2.03 bits per heavy atom. The summed E-state index contributed by atoms with van der Waals surface area (Å²) in [6.07, 6.45) is -4.07. The molecule has 4 aliphatic rings. The van der Waals surface area contributed by atoms with Crippen LogP contribution in [0.15, 0.2) is 18.2 Å². The Hall–Kier alpha value is -2.33. The number of rotatable bonds is 4. The second kappa shape index (κ2) is 7.09. The molecule has 33 heavy (non-hydrogen) atoms. The number of halogens is 3. The van der Waals surface area contributed by atoms with Gasteiger partial charge in [-0.05, 0) is 61.8 Å². The van der Waals surface area contributed by atoms with Gasteiger partial charge in [0.1, 0.15) is 11.3 Å². The molecule has 0 radical (unpaired) electrons. The highest BCUT2D eigenvalue weighted by Crippen LogP contribution is 2.65. The number of carbonyl (C=O) groups excluding carboxylic acids is 2. The van der Waals surface area contributed by atoms with Crippen LogP contribution >= 0.6 is 0 Å². The van der Waals surface area contributed by atoms with Gasteiger partial charge in [0.2, 0.25) is 0 Å². The molecule has 2 saturated heterocycles. The number of ether oxygens (including phenoxy) is 1. The number of aliphatic hydroxyl groups is 1. The van der Waals surface area contributed by atoms with Crippen LogP contribution in [-0.2, 0) is 10.2 Å². The van der Waals surface area contributed by atoms with Crippen LogP contribution in [0.1, 0.15) is 43.2 Å². The molecule has 7 nitrogen and oxygen atoms in total. The number of carbonyl (C=O) groups is 2. The topological polar surface area (TPSA) is 90.9 Å². The molecule has 2 aliphatic heterocycles. The van der Waals surface area contributed by atoms with Crippen molar-refractivity contribution < 1.29 is 32.6 Å². The minimum absolute atomic E-state index is 0.00384. The van der Waals surface area contributed by atoms with Gasteiger partial charge in [0, 0.05) is 24.5 Å². The highest BCUT2D eigenvalue weighted by atomic mass is 19.4. The predicted octanol–water partition coefficient (Wildman–Crippen LogP) is 2.39. The van der Waals surface area contributed by atoms with Crippen LogP contribution in [0.5, 0.6) is 5.75 Å². The molecule has 2 aliphatic carbocycles. The Bertz CT molecular complexity index is 1020. The van der Waals surface area contributed by atoms with Crippen molar-refractivity contribution >= 4 is 11.9 Å². The first-order valence-corrected chi connectivity index (χ1v) is 11.2. The summed E-state index contributed by atoms with van der Waals surface area (Å²) in [5.74, 6) is 0.187. The lowest BCUT2D eigenvalue weighted by atomic mass is 9.55. The summed E-state index contributed by atoms with van der Waals surface area (Å²) in [4.78, 5) is 26.6. The van der Waals surface area contributed by atoms with Crippen molar-refractivity contribution in [2.75, 3.05) is 20.2 Å². The molecule has 2 heterocycles. The third-order valence-corrected chi connectivity index (χ3v) is 8.43. The van der Waals surface area contributed by atoms with Crippen LogP contribution in [0.2, 0.25) is 0 Å². The number of urea groups is 1. The third kappa shape index (κ3) is 3.17. The smallest absolute Gasteiger partial charge is 0.390 e. The Morgan fingerprint density at radius 3 is 2.67 bits per heavy atom. The molecule has 180 valence electrons. The normalized spacial score (nSPS) is 37.9. The Morgan fingerprint density at radius 1 is 1.27 bits per heavy atom. The van der Waals surface area contributed by atoms with E-state index >= 15 is 0 Å². The van der Waals surface area contributed by atoms with Gasteiger partial charge < -0.3 is 15.2 Å². The fraction of sp³-hybridized carbons (Fsp3) is 0.652. The SMILES string of the molecule is COc1ccc(C)c(C23CC4CN(CCC(F)(F)F)C4C2(O)CCC2(C3)NC(=O)NC2=O)c1. The summed E-state index contributed by atoms with van der Waals surface area (Å²) in [6.45, 7) is 2.22. The van der Waals surface area contributed by atoms with Gasteiger partial charge in [-0.2, -0.15) is 13.2 Å². The zero-order chi connectivity index (χ0) is 23.8. The maximum absolute atomic E-state index is 12.9. The van der Waals surface area contributed by atoms with Gasteiger partial charge in [0.05, 0.1) is 19.1 Å². The zero-order valence-electron chi connectivity index (χ0n) is 18.6. The van der Waals surface area contributed by atoms with Gasteiger partial charge in [0.15, 0.2) is 0 Å². The lowest BCUT2D eigenvalue weighted by Gasteiger charge is -2.57. The number of amides is 3. The number of methoxy groups -OCH3 is 1. The fourth-order valence-electron chi connectivity index (χ4n) is 7.08. The number of aryl methyl sites for hydroxylation is 1. The molecule has 2 saturated carbocycles. The molecule has 1 aromatic rings. The highest BCUT2D eigenvalue weighted by Gasteiger charge is 2.73. The van der Waals surface area contributed by atoms with E-state index in [1.807, 2.05) is 25.1 Å². The number of hydrogen-bond acceptors (Lipinski definition) is 5. The van der Waals surface area contributed by atoms with Crippen LogP contribution in [0.3, 0.4) is 0 Å². The number of fused-ring (bicyclic) bond motifs is 3. The van der Waals surface area contributed by atoms with Gasteiger partial charge in [-0.25, -0.2) is 4.79 Å². The summed E-state index contributed by atoms with van der Waals surface area (Å²) in [6, 6.07) is 4.58. The second-order valence-electron chi connectivity index (χ2n) is 10.1. The second-order valence-corrected chi connectivity index (χ2v) is 10.1. The molecule has 5 rings (SSSR count). The first-order chi connectivity index (χ1) is 15.4. The summed E-state index contributed by atoms with van der Waals surface area (Å²) in [7, 11) is 1.54. The molecular weight excluding hydrogens is 439 g/mol. The minimum Gasteiger partial charge on any atom is -0.497 e. The molecule has 3 amide bonds. The van der Waals surface area contributed by atoms with Crippen molar-refractivity contribution in [2.45, 2.75) is 67.8 Å². The van der Waals surface area contributed by atoms with E-state index in [1.165, 1.54) is 0 Å². The van der Waals surface area contributed by atoms with E-state index in [4.69, 9.17) is 4.74 Å². The van der Waals surface area contributed by atoms with Crippen molar-refractivity contribution in [3.63, 3.8) is 0 Å². The monoisotopic (exact) mass is 467 g/mol. The number of imide groups is 1. The average molecular weight is 467 g/mol. The van der Waals surface area contributed by atoms with E-state index in [1.54, 1.807) is 12.0 Å². The van der Waals surface area contributed by atoms with Crippen molar-refractivity contribution in [3.8, 4) is 5.75 Å². The molecule has 1 aromatic carbocycles. The number of nitrogens with one attached hydrogen (secondary N) is 2. The van der Waals surface area contributed by atoms with Gasteiger partial charge in [-0.1, -0.05) is 6.07 Å². The van der Waals surface area contributed by atoms with Crippen molar-refractivity contribution in [3.05, 3.63) is 29.3 Å². The van der Waals surface area contributed by atoms with Crippen molar-refractivity contribution in [1.82, 2.24) is 15.5 Å². The average Bonchev–Trinajstić information content (AvgIpc) is 3.09. The largest absolute Gasteiger partial charge is 0.497 e. The van der Waals surface area contributed by atoms with Crippen LogP contribution in [-0.4, -0.2) is 65.5 Å². The van der Waals surface area contributed by atoms with Crippen LogP contribution in [0.4, 0.5) is 18.0 Å². The number of nitrogens with zero attached hydrogens (tertiary/aromatic N) is 1. The molecule has 5 unspecified atom stereocenters. The van der Waals surface area contributed by atoms with E-state index in [0.717, 1.165) is 11.1 Å². The van der Waals surface area contributed by atoms with Crippen molar-refractivity contribution in [2.24, 2.45) is 5.92 Å². The Balaban J connectivity index is 1.59. The van der Waals surface area contributed by atoms with Crippen LogP contribution in [0.25, 0.3) is 0 Å². The van der Waals surface area contributed by atoms with E-state index in [9.17, 15) is 27.9 Å². The maximum atomic E-state index is 12.9. The summed E-state index contributed by atoms with van der Waals surface area (Å²) in [5, 5.41) is 17.4. The molecule has 1 spiro atoms. The van der Waals surface area contributed by atoms with E-state index in [2.05, 4.69) is 10.6 Å². The predicted molar refractivity (Wildman–Crippen MR) is 112 cm³/mol. The minimum atomic E-state index is -4.27. The maximum Gasteiger partial charge on any atom is 0.390 e. The number of hydrogen-bond donors (Lipinski definition) is 3. The van der Waals surface area contributed by atoms with Gasteiger partial charge >= 0.3 is 12.2 Å². The molecule has 10 heteroatoms. The van der Waals surface area contributed by atoms with Crippen LogP contribution < -0.4 is 15.4 Å². The summed E-state index contributed by atoms with van der Waals surface area (Å²) >= 11 is 0. The lowest BCUT2D eigenvalue weighted by Crippen LogP contribution is -2.70. The van der Waals surface area contributed by atoms with Gasteiger partial charge in [-0.3, -0.25) is 15.0 Å². The fourth-order valence-corrected chi connectivity index (χ4v) is 7.08. The van der Waals surface area contributed by atoms with E-state index < -0.39 is 47.1 Å². The molecule has 5 atom stereocenters. The van der Waals surface area contributed by atoms with Crippen molar-refractivity contribution in [1.29, 1.82) is 0 Å². The van der Waals surface area contributed by atoms with Gasteiger partial charge in [-0.15, -0.1) is 0 Å². The molecule has 0 aromatic heterocycles. The Kier molecular flexibility index (Phi) is 4.82. The van der Waals surface area contributed by atoms with E-state index in [0.29, 0.717) is 18.7 Å². The number of alkyl halides is 3. The molecular formula is C23H28F3N3O4.